The van der Waals surface area contributed by atoms with Gasteiger partial charge in [0, 0.05) is 26.7 Å². The standard InChI is InChI=1S/C16H14O2.C9H10O2.C6H12O2.3C3H6O/c1-11(17)18-10-16-14-8-4-2-6-12(14)13-7-3-5-9-15(13)16;1-8(10)11-7-9-5-3-2-4-6-9;1-5(7)8-6(2,3)4;3*1-3(2)4/h2-9,16H,10H2,1H3;2-6H,7H2,1H3;1-4H3;3*1-2H3. The van der Waals surface area contributed by atoms with Crippen molar-refractivity contribution in [2.75, 3.05) is 6.61 Å². The Kier molecular flexibility index (Phi) is 23.7. The highest BCUT2D eigenvalue weighted by Crippen LogP contribution is 2.44. The van der Waals surface area contributed by atoms with Gasteiger partial charge in [-0.25, -0.2) is 0 Å². The highest BCUT2D eigenvalue weighted by atomic mass is 16.6. The van der Waals surface area contributed by atoms with Crippen LogP contribution in [-0.2, 0) is 49.6 Å². The molecule has 9 nitrogen and oxygen atoms in total. The first-order chi connectivity index (χ1) is 22.7. The van der Waals surface area contributed by atoms with E-state index in [1.807, 2.05) is 75.4 Å². The third-order valence-corrected chi connectivity index (χ3v) is 5.15. The fourth-order valence-corrected chi connectivity index (χ4v) is 3.83. The maximum absolute atomic E-state index is 11.0. The van der Waals surface area contributed by atoms with Crippen LogP contribution in [-0.4, -0.2) is 47.5 Å². The zero-order valence-corrected chi connectivity index (χ0v) is 31.2. The fourth-order valence-electron chi connectivity index (χ4n) is 3.83. The van der Waals surface area contributed by atoms with Crippen LogP contribution in [0.25, 0.3) is 11.1 Å². The zero-order chi connectivity index (χ0) is 38.2. The molecule has 9 heteroatoms. The molecule has 0 bridgehead atoms. The summed E-state index contributed by atoms with van der Waals surface area (Å²) in [6, 6.07) is 26.2. The molecule has 4 rings (SSSR count). The Morgan fingerprint density at radius 3 is 1.16 bits per heavy atom. The molecule has 3 aromatic rings. The number of esters is 3. The monoisotopic (exact) mass is 678 g/mol. The molecule has 0 unspecified atom stereocenters. The van der Waals surface area contributed by atoms with Crippen LogP contribution in [0.15, 0.2) is 78.9 Å². The number of hydrogen-bond acceptors (Lipinski definition) is 9. The Labute approximate surface area is 292 Å². The molecule has 0 spiro atoms. The second-order valence-corrected chi connectivity index (χ2v) is 12.2. The Morgan fingerprint density at radius 1 is 0.510 bits per heavy atom. The van der Waals surface area contributed by atoms with Gasteiger partial charge >= 0.3 is 17.9 Å². The second kappa shape index (κ2) is 25.1. The van der Waals surface area contributed by atoms with Gasteiger partial charge in [0.2, 0.25) is 0 Å². The van der Waals surface area contributed by atoms with Crippen LogP contribution in [0.4, 0.5) is 0 Å². The summed E-state index contributed by atoms with van der Waals surface area (Å²) in [5.74, 6) is -0.0236. The van der Waals surface area contributed by atoms with Crippen LogP contribution in [0.1, 0.15) is 106 Å². The minimum absolute atomic E-state index is 0.167. The molecule has 49 heavy (non-hydrogen) atoms. The van der Waals surface area contributed by atoms with Crippen molar-refractivity contribution in [1.82, 2.24) is 0 Å². The van der Waals surface area contributed by atoms with Gasteiger partial charge in [0.15, 0.2) is 0 Å². The van der Waals surface area contributed by atoms with Crippen molar-refractivity contribution in [1.29, 1.82) is 0 Å². The summed E-state index contributed by atoms with van der Waals surface area (Å²) in [4.78, 5) is 60.0. The minimum atomic E-state index is -0.328. The van der Waals surface area contributed by atoms with Gasteiger partial charge in [-0.2, -0.15) is 0 Å². The number of ether oxygens (including phenoxy) is 3. The van der Waals surface area contributed by atoms with Gasteiger partial charge in [-0.1, -0.05) is 78.9 Å². The lowest BCUT2D eigenvalue weighted by atomic mass is 9.98. The van der Waals surface area contributed by atoms with Gasteiger partial charge in [-0.3, -0.25) is 14.4 Å². The number of fused-ring (bicyclic) bond motifs is 3. The Balaban J connectivity index is 0. The molecule has 0 aromatic heterocycles. The first-order valence-electron chi connectivity index (χ1n) is 15.8. The van der Waals surface area contributed by atoms with Gasteiger partial charge in [0.25, 0.3) is 0 Å². The van der Waals surface area contributed by atoms with Crippen molar-refractivity contribution in [2.24, 2.45) is 0 Å². The van der Waals surface area contributed by atoms with Gasteiger partial charge in [-0.05, 0) is 90.1 Å². The third kappa shape index (κ3) is 26.8. The molecule has 0 amide bonds. The summed E-state index contributed by atoms with van der Waals surface area (Å²) < 4.78 is 14.8. The maximum atomic E-state index is 11.0. The SMILES string of the molecule is CC(=O)OC(C)(C)C.CC(=O)OCC1c2ccccc2-c2ccccc21.CC(=O)OCc1ccccc1.CC(C)=O.CC(C)=O.CC(C)=O. The molecule has 0 N–H and O–H groups in total. The predicted octanol–water partition coefficient (Wildman–Crippen LogP) is 8.25. The molecule has 0 saturated heterocycles. The Morgan fingerprint density at radius 2 is 0.857 bits per heavy atom. The van der Waals surface area contributed by atoms with Crippen molar-refractivity contribution in [3.63, 3.8) is 0 Å². The molecule has 0 heterocycles. The van der Waals surface area contributed by atoms with E-state index < -0.39 is 0 Å². The molecule has 0 radical (unpaired) electrons. The van der Waals surface area contributed by atoms with Crippen LogP contribution >= 0.6 is 0 Å². The molecule has 1 aliphatic carbocycles. The van der Waals surface area contributed by atoms with E-state index in [9.17, 15) is 28.8 Å². The average Bonchev–Trinajstić information content (AvgIpc) is 3.28. The van der Waals surface area contributed by atoms with Crippen LogP contribution in [0.5, 0.6) is 0 Å². The first kappa shape index (κ1) is 46.2. The molecule has 0 fully saturated rings. The summed E-state index contributed by atoms with van der Waals surface area (Å²) in [7, 11) is 0. The van der Waals surface area contributed by atoms with E-state index in [4.69, 9.17) is 14.2 Å². The van der Waals surface area contributed by atoms with E-state index in [1.54, 1.807) is 0 Å². The van der Waals surface area contributed by atoms with E-state index in [0.717, 1.165) is 5.56 Å². The molecule has 0 saturated carbocycles. The number of ketones is 3. The quantitative estimate of drug-likeness (QED) is 0.198. The predicted molar refractivity (Wildman–Crippen MR) is 193 cm³/mol. The number of carbonyl (C=O) groups is 6. The molecule has 3 aromatic carbocycles. The number of hydrogen-bond donors (Lipinski definition) is 0. The van der Waals surface area contributed by atoms with E-state index in [-0.39, 0.29) is 46.8 Å². The Hall–Kier alpha value is -4.92. The average molecular weight is 679 g/mol. The van der Waals surface area contributed by atoms with Gasteiger partial charge in [0.1, 0.15) is 36.2 Å². The van der Waals surface area contributed by atoms with E-state index in [0.29, 0.717) is 13.2 Å². The second-order valence-electron chi connectivity index (χ2n) is 12.2. The number of carbonyl (C=O) groups excluding carboxylic acids is 6. The summed E-state index contributed by atoms with van der Waals surface area (Å²) in [6.45, 7) is 19.7. The number of Topliss-reactive ketones (excluding diaryl/α,β-unsaturated/α-hetero) is 3. The van der Waals surface area contributed by atoms with Crippen molar-refractivity contribution >= 4 is 35.3 Å². The third-order valence-electron chi connectivity index (χ3n) is 5.15. The molecular formula is C40H54O9. The first-order valence-corrected chi connectivity index (χ1v) is 15.8. The molecule has 0 aliphatic heterocycles. The topological polar surface area (TPSA) is 130 Å². The highest BCUT2D eigenvalue weighted by molar-refractivity contribution is 5.79. The molecule has 1 aliphatic rings. The van der Waals surface area contributed by atoms with Gasteiger partial charge < -0.3 is 28.6 Å². The highest BCUT2D eigenvalue weighted by Gasteiger charge is 2.28. The van der Waals surface area contributed by atoms with E-state index >= 15 is 0 Å². The van der Waals surface area contributed by atoms with Crippen LogP contribution in [0.2, 0.25) is 0 Å². The fraction of sp³-hybridized carbons (Fsp3) is 0.400. The van der Waals surface area contributed by atoms with Crippen molar-refractivity contribution < 1.29 is 43.0 Å². The summed E-state index contributed by atoms with van der Waals surface area (Å²) in [6.07, 6.45) is 0. The van der Waals surface area contributed by atoms with Gasteiger partial charge in [0.05, 0.1) is 0 Å². The number of rotatable bonds is 4. The molecule has 268 valence electrons. The summed E-state index contributed by atoms with van der Waals surface area (Å²) in [5, 5.41) is 0. The zero-order valence-electron chi connectivity index (χ0n) is 31.2. The van der Waals surface area contributed by atoms with Gasteiger partial charge in [-0.15, -0.1) is 0 Å². The lowest BCUT2D eigenvalue weighted by Gasteiger charge is -2.17. The largest absolute Gasteiger partial charge is 0.465 e. The summed E-state index contributed by atoms with van der Waals surface area (Å²) >= 11 is 0. The van der Waals surface area contributed by atoms with Crippen LogP contribution in [0, 0.1) is 0 Å². The van der Waals surface area contributed by atoms with Crippen LogP contribution < -0.4 is 0 Å². The van der Waals surface area contributed by atoms with Crippen molar-refractivity contribution in [3.8, 4) is 11.1 Å². The van der Waals surface area contributed by atoms with Crippen molar-refractivity contribution in [3.05, 3.63) is 95.6 Å². The molecular weight excluding hydrogens is 624 g/mol. The van der Waals surface area contributed by atoms with E-state index in [1.165, 1.54) is 84.6 Å². The van der Waals surface area contributed by atoms with Crippen LogP contribution in [0.3, 0.4) is 0 Å². The normalized spacial score (nSPS) is 10.2. The summed E-state index contributed by atoms with van der Waals surface area (Å²) in [5.41, 5.74) is 5.70. The number of benzene rings is 3. The smallest absolute Gasteiger partial charge is 0.303 e. The molecule has 0 atom stereocenters. The maximum Gasteiger partial charge on any atom is 0.303 e. The Bertz CT molecular complexity index is 1380. The van der Waals surface area contributed by atoms with Crippen molar-refractivity contribution in [2.45, 2.75) is 101 Å². The minimum Gasteiger partial charge on any atom is -0.465 e. The lowest BCUT2D eigenvalue weighted by molar-refractivity contribution is -0.152. The lowest BCUT2D eigenvalue weighted by Crippen LogP contribution is -2.21. The van der Waals surface area contributed by atoms with E-state index in [2.05, 4.69) is 24.3 Å².